The van der Waals surface area contributed by atoms with Crippen molar-refractivity contribution in [1.29, 1.82) is 0 Å². The highest BCUT2D eigenvalue weighted by Crippen LogP contribution is 2.28. The minimum Gasteiger partial charge on any atom is -0.465 e. The Morgan fingerprint density at radius 1 is 1.03 bits per heavy atom. The van der Waals surface area contributed by atoms with Crippen LogP contribution in [0.15, 0.2) is 83.1 Å². The lowest BCUT2D eigenvalue weighted by Gasteiger charge is -2.10. The Labute approximate surface area is 217 Å². The van der Waals surface area contributed by atoms with Crippen molar-refractivity contribution < 1.29 is 14.3 Å². The maximum atomic E-state index is 12.4. The van der Waals surface area contributed by atoms with Crippen LogP contribution in [0.1, 0.15) is 21.5 Å². The molecule has 0 aliphatic carbocycles. The number of nitrogens with one attached hydrogen (secondary N) is 1. The number of benzene rings is 3. The number of thioether (sulfide) groups is 1. The molecule has 0 unspecified atom stereocenters. The number of aromatic nitrogens is 3. The standard InChI is InChI=1S/C26H22ClN5O3S/c1-17-3-7-19(8-4-17)24-30-31-26(32(24)22-13-11-21(27)12-14-22)36-16-23(33)29-28-15-18-5-9-20(10-6-18)25(34)35-2/h3-15H,16H2,1-2H3,(H,29,33)/b28-15+. The first-order valence-electron chi connectivity index (χ1n) is 10.9. The highest BCUT2D eigenvalue weighted by Gasteiger charge is 2.17. The molecule has 36 heavy (non-hydrogen) atoms. The van der Waals surface area contributed by atoms with Crippen LogP contribution in [0, 0.1) is 6.92 Å². The van der Waals surface area contributed by atoms with Crippen molar-refractivity contribution in [3.8, 4) is 17.1 Å². The first-order chi connectivity index (χ1) is 17.4. The number of rotatable bonds is 8. The third-order valence-corrected chi connectivity index (χ3v) is 6.28. The lowest BCUT2D eigenvalue weighted by atomic mass is 10.1. The van der Waals surface area contributed by atoms with Crippen LogP contribution in [0.4, 0.5) is 0 Å². The van der Waals surface area contributed by atoms with Crippen molar-refractivity contribution in [1.82, 2.24) is 20.2 Å². The van der Waals surface area contributed by atoms with Gasteiger partial charge in [-0.1, -0.05) is 65.3 Å². The molecule has 8 nitrogen and oxygen atoms in total. The number of aryl methyl sites for hydroxylation is 1. The normalized spacial score (nSPS) is 11.0. The van der Waals surface area contributed by atoms with E-state index in [-0.39, 0.29) is 11.7 Å². The highest BCUT2D eigenvalue weighted by atomic mass is 35.5. The van der Waals surface area contributed by atoms with E-state index >= 15 is 0 Å². The van der Waals surface area contributed by atoms with Crippen molar-refractivity contribution in [2.75, 3.05) is 12.9 Å². The molecule has 10 heteroatoms. The van der Waals surface area contributed by atoms with Crippen molar-refractivity contribution in [3.05, 3.63) is 94.5 Å². The SMILES string of the molecule is COC(=O)c1ccc(/C=N/NC(=O)CSc2nnc(-c3ccc(C)cc3)n2-c2ccc(Cl)cc2)cc1. The Bertz CT molecular complexity index is 1380. The number of hydrogen-bond donors (Lipinski definition) is 1. The van der Waals surface area contributed by atoms with E-state index in [4.69, 9.17) is 11.6 Å². The van der Waals surface area contributed by atoms with Crippen LogP contribution in [-0.4, -0.2) is 45.7 Å². The maximum Gasteiger partial charge on any atom is 0.337 e. The Balaban J connectivity index is 1.45. The van der Waals surface area contributed by atoms with E-state index in [1.807, 2.05) is 47.9 Å². The van der Waals surface area contributed by atoms with E-state index in [1.54, 1.807) is 36.4 Å². The first kappa shape index (κ1) is 25.2. The predicted octanol–water partition coefficient (Wildman–Crippen LogP) is 4.93. The monoisotopic (exact) mass is 519 g/mol. The van der Waals surface area contributed by atoms with Crippen LogP contribution in [0.3, 0.4) is 0 Å². The van der Waals surface area contributed by atoms with Crippen LogP contribution in [0.2, 0.25) is 5.02 Å². The minimum absolute atomic E-state index is 0.0816. The molecule has 3 aromatic carbocycles. The molecule has 4 rings (SSSR count). The minimum atomic E-state index is -0.416. The second-order valence-corrected chi connectivity index (χ2v) is 9.06. The van der Waals surface area contributed by atoms with E-state index in [9.17, 15) is 9.59 Å². The lowest BCUT2D eigenvalue weighted by Crippen LogP contribution is -2.20. The van der Waals surface area contributed by atoms with Gasteiger partial charge in [0.2, 0.25) is 0 Å². The number of hydrazone groups is 1. The summed E-state index contributed by atoms with van der Waals surface area (Å²) < 4.78 is 6.57. The van der Waals surface area contributed by atoms with Gasteiger partial charge in [-0.3, -0.25) is 9.36 Å². The fraction of sp³-hybridized carbons (Fsp3) is 0.115. The largest absolute Gasteiger partial charge is 0.465 e. The molecule has 0 atom stereocenters. The number of carbonyl (C=O) groups is 2. The van der Waals surface area contributed by atoms with E-state index in [0.29, 0.717) is 21.6 Å². The molecule has 0 aliphatic heterocycles. The second kappa shape index (κ2) is 11.7. The number of halogens is 1. The summed E-state index contributed by atoms with van der Waals surface area (Å²) in [5.74, 6) is 0.0255. The van der Waals surface area contributed by atoms with Gasteiger partial charge < -0.3 is 4.74 Å². The summed E-state index contributed by atoms with van der Waals surface area (Å²) in [7, 11) is 1.33. The van der Waals surface area contributed by atoms with Crippen LogP contribution in [0.25, 0.3) is 17.1 Å². The quantitative estimate of drug-likeness (QED) is 0.153. The van der Waals surface area contributed by atoms with Crippen LogP contribution < -0.4 is 5.43 Å². The molecular formula is C26H22ClN5O3S. The Kier molecular flexibility index (Phi) is 8.14. The summed E-state index contributed by atoms with van der Waals surface area (Å²) in [5.41, 5.74) is 6.54. The van der Waals surface area contributed by atoms with Crippen molar-refractivity contribution in [2.45, 2.75) is 12.1 Å². The smallest absolute Gasteiger partial charge is 0.337 e. The van der Waals surface area contributed by atoms with Crippen LogP contribution in [-0.2, 0) is 9.53 Å². The number of carbonyl (C=O) groups excluding carboxylic acids is 2. The third-order valence-electron chi connectivity index (χ3n) is 5.09. The zero-order valence-electron chi connectivity index (χ0n) is 19.5. The molecule has 1 N–H and O–H groups in total. The maximum absolute atomic E-state index is 12.4. The summed E-state index contributed by atoms with van der Waals surface area (Å²) in [6, 6.07) is 22.0. The number of amides is 1. The molecule has 1 aromatic heterocycles. The van der Waals surface area contributed by atoms with Gasteiger partial charge in [-0.2, -0.15) is 5.10 Å². The Morgan fingerprint density at radius 2 is 1.72 bits per heavy atom. The Morgan fingerprint density at radius 3 is 2.39 bits per heavy atom. The van der Waals surface area contributed by atoms with Gasteiger partial charge in [-0.05, 0) is 48.9 Å². The summed E-state index contributed by atoms with van der Waals surface area (Å²) >= 11 is 7.32. The molecule has 182 valence electrons. The number of ether oxygens (including phenoxy) is 1. The van der Waals surface area contributed by atoms with Crippen molar-refractivity contribution in [2.24, 2.45) is 5.10 Å². The summed E-state index contributed by atoms with van der Waals surface area (Å²) in [6.45, 7) is 2.02. The zero-order chi connectivity index (χ0) is 25.5. The van der Waals surface area contributed by atoms with Gasteiger partial charge >= 0.3 is 5.97 Å². The summed E-state index contributed by atoms with van der Waals surface area (Å²) in [6.07, 6.45) is 1.50. The van der Waals surface area contributed by atoms with Gasteiger partial charge in [0.15, 0.2) is 11.0 Å². The van der Waals surface area contributed by atoms with E-state index < -0.39 is 5.97 Å². The van der Waals surface area contributed by atoms with Gasteiger partial charge in [0, 0.05) is 16.3 Å². The molecule has 4 aromatic rings. The number of esters is 1. The van der Waals surface area contributed by atoms with E-state index in [2.05, 4.69) is 25.5 Å². The zero-order valence-corrected chi connectivity index (χ0v) is 21.1. The summed E-state index contributed by atoms with van der Waals surface area (Å²) in [5, 5.41) is 13.9. The number of nitrogens with zero attached hydrogens (tertiary/aromatic N) is 4. The molecular weight excluding hydrogens is 498 g/mol. The van der Waals surface area contributed by atoms with Crippen molar-refractivity contribution in [3.63, 3.8) is 0 Å². The van der Waals surface area contributed by atoms with Gasteiger partial charge in [0.25, 0.3) is 5.91 Å². The van der Waals surface area contributed by atoms with Gasteiger partial charge in [-0.25, -0.2) is 10.2 Å². The lowest BCUT2D eigenvalue weighted by molar-refractivity contribution is -0.118. The number of methoxy groups -OCH3 is 1. The molecule has 0 fully saturated rings. The third kappa shape index (κ3) is 6.18. The van der Waals surface area contributed by atoms with Gasteiger partial charge in [-0.15, -0.1) is 10.2 Å². The molecule has 0 radical (unpaired) electrons. The van der Waals surface area contributed by atoms with Crippen LogP contribution in [0.5, 0.6) is 0 Å². The predicted molar refractivity (Wildman–Crippen MR) is 141 cm³/mol. The molecule has 1 heterocycles. The van der Waals surface area contributed by atoms with E-state index in [1.165, 1.54) is 25.1 Å². The molecule has 0 saturated carbocycles. The molecule has 0 spiro atoms. The topological polar surface area (TPSA) is 98.5 Å². The fourth-order valence-electron chi connectivity index (χ4n) is 3.24. The molecule has 0 saturated heterocycles. The first-order valence-corrected chi connectivity index (χ1v) is 12.2. The summed E-state index contributed by atoms with van der Waals surface area (Å²) in [4.78, 5) is 23.9. The molecule has 0 bridgehead atoms. The van der Waals surface area contributed by atoms with E-state index in [0.717, 1.165) is 22.4 Å². The number of hydrogen-bond acceptors (Lipinski definition) is 7. The molecule has 1 amide bonds. The van der Waals surface area contributed by atoms with Crippen molar-refractivity contribution >= 4 is 41.5 Å². The highest BCUT2D eigenvalue weighted by molar-refractivity contribution is 7.99. The Hall–Kier alpha value is -3.95. The second-order valence-electron chi connectivity index (χ2n) is 7.68. The van der Waals surface area contributed by atoms with Crippen LogP contribution >= 0.6 is 23.4 Å². The van der Waals surface area contributed by atoms with Gasteiger partial charge in [0.1, 0.15) is 0 Å². The average Bonchev–Trinajstić information content (AvgIpc) is 3.32. The fourth-order valence-corrected chi connectivity index (χ4v) is 4.11. The van der Waals surface area contributed by atoms with Gasteiger partial charge in [0.05, 0.1) is 24.6 Å². The average molecular weight is 520 g/mol. The molecule has 0 aliphatic rings.